The Labute approximate surface area is 151 Å². The fourth-order valence-electron chi connectivity index (χ4n) is 2.05. The summed E-state index contributed by atoms with van der Waals surface area (Å²) < 4.78 is 10.6. The quantitative estimate of drug-likeness (QED) is 0.773. The molecule has 2 N–H and O–H groups in total. The topological polar surface area (TPSA) is 76.7 Å². The number of hydrazine groups is 1. The molecule has 0 fully saturated rings. The zero-order valence-corrected chi connectivity index (χ0v) is 14.7. The van der Waals surface area contributed by atoms with Gasteiger partial charge in [0, 0.05) is 10.6 Å². The van der Waals surface area contributed by atoms with Crippen molar-refractivity contribution >= 4 is 23.4 Å². The van der Waals surface area contributed by atoms with Crippen molar-refractivity contribution < 1.29 is 19.1 Å². The predicted molar refractivity (Wildman–Crippen MR) is 95.2 cm³/mol. The van der Waals surface area contributed by atoms with Crippen LogP contribution >= 0.6 is 11.6 Å². The molecule has 7 heteroatoms. The Kier molecular flexibility index (Phi) is 6.65. The lowest BCUT2D eigenvalue weighted by Gasteiger charge is -2.11. The third-order valence-corrected chi connectivity index (χ3v) is 3.50. The molecule has 0 aliphatic carbocycles. The van der Waals surface area contributed by atoms with E-state index in [0.717, 1.165) is 6.42 Å². The second-order valence-electron chi connectivity index (χ2n) is 5.13. The van der Waals surface area contributed by atoms with Gasteiger partial charge < -0.3 is 9.47 Å². The lowest BCUT2D eigenvalue weighted by Crippen LogP contribution is -2.41. The largest absolute Gasteiger partial charge is 0.496 e. The first-order chi connectivity index (χ1) is 12.0. The molecule has 0 atom stereocenters. The van der Waals surface area contributed by atoms with Gasteiger partial charge in [0.05, 0.1) is 19.3 Å². The Hall–Kier alpha value is -2.73. The van der Waals surface area contributed by atoms with Crippen molar-refractivity contribution in [3.63, 3.8) is 0 Å². The molecule has 0 unspecified atom stereocenters. The molecule has 0 saturated heterocycles. The van der Waals surface area contributed by atoms with Crippen LogP contribution in [-0.4, -0.2) is 25.5 Å². The van der Waals surface area contributed by atoms with Gasteiger partial charge in [0.2, 0.25) is 0 Å². The van der Waals surface area contributed by atoms with Crippen molar-refractivity contribution in [1.29, 1.82) is 0 Å². The summed E-state index contributed by atoms with van der Waals surface area (Å²) in [6, 6.07) is 11.3. The summed E-state index contributed by atoms with van der Waals surface area (Å²) in [6.07, 6.45) is 0.870. The fourth-order valence-corrected chi connectivity index (χ4v) is 2.21. The normalized spacial score (nSPS) is 10.0. The first-order valence-electron chi connectivity index (χ1n) is 7.72. The molecule has 0 aliphatic heterocycles. The smallest absolute Gasteiger partial charge is 0.273 e. The van der Waals surface area contributed by atoms with E-state index in [1.165, 1.54) is 19.2 Å². The Morgan fingerprint density at radius 2 is 1.84 bits per heavy atom. The van der Waals surface area contributed by atoms with E-state index in [1.54, 1.807) is 30.3 Å². The van der Waals surface area contributed by atoms with Crippen LogP contribution in [-0.2, 0) is 0 Å². The van der Waals surface area contributed by atoms with Crippen molar-refractivity contribution in [3.05, 3.63) is 58.6 Å². The summed E-state index contributed by atoms with van der Waals surface area (Å²) in [5.74, 6) is -0.0575. The molecule has 25 heavy (non-hydrogen) atoms. The van der Waals surface area contributed by atoms with E-state index < -0.39 is 11.8 Å². The number of nitrogens with one attached hydrogen (secondary N) is 2. The molecule has 0 aliphatic rings. The molecular weight excluding hydrogens is 344 g/mol. The van der Waals surface area contributed by atoms with E-state index in [4.69, 9.17) is 21.1 Å². The highest BCUT2D eigenvalue weighted by Crippen LogP contribution is 2.22. The number of hydrogen-bond acceptors (Lipinski definition) is 4. The van der Waals surface area contributed by atoms with Gasteiger partial charge in [-0.25, -0.2) is 0 Å². The maximum Gasteiger partial charge on any atom is 0.273 e. The average molecular weight is 363 g/mol. The number of amides is 2. The van der Waals surface area contributed by atoms with Gasteiger partial charge in [-0.15, -0.1) is 0 Å². The highest BCUT2D eigenvalue weighted by molar-refractivity contribution is 6.30. The third-order valence-electron chi connectivity index (χ3n) is 3.27. The van der Waals surface area contributed by atoms with E-state index in [-0.39, 0.29) is 5.56 Å². The van der Waals surface area contributed by atoms with Crippen LogP contribution in [0.3, 0.4) is 0 Å². The van der Waals surface area contributed by atoms with E-state index in [0.29, 0.717) is 28.7 Å². The van der Waals surface area contributed by atoms with Crippen LogP contribution in [0.15, 0.2) is 42.5 Å². The van der Waals surface area contributed by atoms with Crippen LogP contribution in [0.1, 0.15) is 34.1 Å². The predicted octanol–water partition coefficient (Wildman–Crippen LogP) is 3.21. The van der Waals surface area contributed by atoms with Crippen LogP contribution in [0.25, 0.3) is 0 Å². The van der Waals surface area contributed by atoms with Crippen LogP contribution in [0.5, 0.6) is 11.5 Å². The zero-order valence-electron chi connectivity index (χ0n) is 14.0. The van der Waals surface area contributed by atoms with E-state index in [1.807, 2.05) is 6.92 Å². The van der Waals surface area contributed by atoms with E-state index in [2.05, 4.69) is 10.9 Å². The lowest BCUT2D eigenvalue weighted by molar-refractivity contribution is 0.0844. The molecule has 6 nitrogen and oxygen atoms in total. The van der Waals surface area contributed by atoms with Crippen molar-refractivity contribution in [1.82, 2.24) is 10.9 Å². The van der Waals surface area contributed by atoms with Crippen LogP contribution in [0.4, 0.5) is 0 Å². The zero-order chi connectivity index (χ0) is 18.2. The molecule has 2 aromatic rings. The summed E-state index contributed by atoms with van der Waals surface area (Å²) in [6.45, 7) is 2.56. The monoisotopic (exact) mass is 362 g/mol. The molecular formula is C18H19ClN2O4. The third kappa shape index (κ3) is 5.12. The number of ether oxygens (including phenoxy) is 2. The molecule has 0 spiro atoms. The van der Waals surface area contributed by atoms with Gasteiger partial charge in [-0.05, 0) is 42.8 Å². The lowest BCUT2D eigenvalue weighted by atomic mass is 10.2. The SMILES string of the molecule is CCCOc1cccc(C(=O)NNC(=O)c2ccc(Cl)cc2OC)c1. The van der Waals surface area contributed by atoms with Gasteiger partial charge >= 0.3 is 0 Å². The number of carbonyl (C=O) groups excluding carboxylic acids is 2. The number of hydrogen-bond donors (Lipinski definition) is 2. The first kappa shape index (κ1) is 18.6. The summed E-state index contributed by atoms with van der Waals surface area (Å²) >= 11 is 5.87. The molecule has 0 bridgehead atoms. The summed E-state index contributed by atoms with van der Waals surface area (Å²) in [5, 5.41) is 0.446. The van der Waals surface area contributed by atoms with E-state index in [9.17, 15) is 9.59 Å². The molecule has 2 rings (SSSR count). The highest BCUT2D eigenvalue weighted by Gasteiger charge is 2.14. The van der Waals surface area contributed by atoms with Crippen LogP contribution in [0.2, 0.25) is 5.02 Å². The number of halogens is 1. The van der Waals surface area contributed by atoms with Gasteiger partial charge in [-0.2, -0.15) is 0 Å². The van der Waals surface area contributed by atoms with Gasteiger partial charge in [-0.3, -0.25) is 20.4 Å². The first-order valence-corrected chi connectivity index (χ1v) is 8.10. The summed E-state index contributed by atoms with van der Waals surface area (Å²) in [7, 11) is 1.43. The van der Waals surface area contributed by atoms with Crippen LogP contribution < -0.4 is 20.3 Å². The van der Waals surface area contributed by atoms with E-state index >= 15 is 0 Å². The van der Waals surface area contributed by atoms with Crippen molar-refractivity contribution in [2.45, 2.75) is 13.3 Å². The molecule has 2 amide bonds. The molecule has 0 aromatic heterocycles. The van der Waals surface area contributed by atoms with Gasteiger partial charge in [-0.1, -0.05) is 24.6 Å². The van der Waals surface area contributed by atoms with Crippen molar-refractivity contribution in [2.24, 2.45) is 0 Å². The Bertz CT molecular complexity index is 764. The Morgan fingerprint density at radius 1 is 1.08 bits per heavy atom. The molecule has 2 aromatic carbocycles. The van der Waals surface area contributed by atoms with Crippen LogP contribution in [0, 0.1) is 0 Å². The Morgan fingerprint density at radius 3 is 2.56 bits per heavy atom. The van der Waals surface area contributed by atoms with Crippen molar-refractivity contribution in [3.8, 4) is 11.5 Å². The molecule has 0 heterocycles. The second-order valence-corrected chi connectivity index (χ2v) is 5.57. The average Bonchev–Trinajstić information content (AvgIpc) is 2.64. The van der Waals surface area contributed by atoms with Gasteiger partial charge in [0.1, 0.15) is 11.5 Å². The molecule has 132 valence electrons. The molecule has 0 radical (unpaired) electrons. The number of carbonyl (C=O) groups is 2. The minimum atomic E-state index is -0.514. The number of benzene rings is 2. The van der Waals surface area contributed by atoms with Gasteiger partial charge in [0.15, 0.2) is 0 Å². The molecule has 0 saturated carbocycles. The summed E-state index contributed by atoms with van der Waals surface area (Å²) in [5.41, 5.74) is 5.34. The Balaban J connectivity index is 2.01. The summed E-state index contributed by atoms with van der Waals surface area (Å²) in [4.78, 5) is 24.4. The maximum absolute atomic E-state index is 12.2. The van der Waals surface area contributed by atoms with Crippen molar-refractivity contribution in [2.75, 3.05) is 13.7 Å². The standard InChI is InChI=1S/C18H19ClN2O4/c1-3-9-25-14-6-4-5-12(10-14)17(22)20-21-18(23)15-8-7-13(19)11-16(15)24-2/h4-8,10-11H,3,9H2,1-2H3,(H,20,22)(H,21,23). The highest BCUT2D eigenvalue weighted by atomic mass is 35.5. The maximum atomic E-state index is 12.2. The number of methoxy groups -OCH3 is 1. The second kappa shape index (κ2) is 8.94. The minimum Gasteiger partial charge on any atom is -0.496 e. The number of rotatable bonds is 6. The van der Waals surface area contributed by atoms with Gasteiger partial charge in [0.25, 0.3) is 11.8 Å². The minimum absolute atomic E-state index is 0.257. The fraction of sp³-hybridized carbons (Fsp3) is 0.222.